The van der Waals surface area contributed by atoms with Crippen LogP contribution >= 0.6 is 0 Å². The molecule has 1 atom stereocenters. The largest absolute Gasteiger partial charge is 0.497 e. The Balaban J connectivity index is 2.84. The van der Waals surface area contributed by atoms with Crippen LogP contribution < -0.4 is 9.47 Å². The number of carboxylic acids is 1. The average molecular weight is 240 g/mol. The Morgan fingerprint density at radius 1 is 1.35 bits per heavy atom. The number of aliphatic hydroxyl groups is 1. The molecule has 1 rings (SSSR count). The maximum atomic E-state index is 10.4. The van der Waals surface area contributed by atoms with Crippen molar-refractivity contribution in [1.82, 2.24) is 0 Å². The first kappa shape index (κ1) is 13.3. The summed E-state index contributed by atoms with van der Waals surface area (Å²) in [6, 6.07) is 5.02. The SMILES string of the molecule is COc1ccc(C(O)CCC(=O)O)c(OC)c1. The van der Waals surface area contributed by atoms with Crippen molar-refractivity contribution in [3.05, 3.63) is 23.8 Å². The zero-order valence-corrected chi connectivity index (χ0v) is 9.84. The first-order chi connectivity index (χ1) is 8.08. The second-order valence-electron chi connectivity index (χ2n) is 3.56. The van der Waals surface area contributed by atoms with Crippen LogP contribution in [0.2, 0.25) is 0 Å². The number of ether oxygens (including phenoxy) is 2. The molecule has 0 aliphatic rings. The van der Waals surface area contributed by atoms with Gasteiger partial charge >= 0.3 is 5.97 Å². The molecule has 0 aromatic heterocycles. The first-order valence-corrected chi connectivity index (χ1v) is 5.20. The minimum Gasteiger partial charge on any atom is -0.497 e. The highest BCUT2D eigenvalue weighted by Gasteiger charge is 2.15. The summed E-state index contributed by atoms with van der Waals surface area (Å²) in [6.07, 6.45) is -0.791. The number of aliphatic hydroxyl groups excluding tert-OH is 1. The Morgan fingerprint density at radius 2 is 2.06 bits per heavy atom. The fourth-order valence-corrected chi connectivity index (χ4v) is 1.51. The van der Waals surface area contributed by atoms with Gasteiger partial charge in [0.2, 0.25) is 0 Å². The van der Waals surface area contributed by atoms with Gasteiger partial charge in [0.1, 0.15) is 11.5 Å². The zero-order chi connectivity index (χ0) is 12.8. The summed E-state index contributed by atoms with van der Waals surface area (Å²) in [5.74, 6) is 0.176. The number of carboxylic acid groups (broad SMARTS) is 1. The van der Waals surface area contributed by atoms with E-state index in [9.17, 15) is 9.90 Å². The molecule has 5 nitrogen and oxygen atoms in total. The third-order valence-corrected chi connectivity index (χ3v) is 2.43. The highest BCUT2D eigenvalue weighted by Crippen LogP contribution is 2.31. The number of carbonyl (C=O) groups is 1. The van der Waals surface area contributed by atoms with Crippen LogP contribution in [0.3, 0.4) is 0 Å². The number of hydrogen-bond donors (Lipinski definition) is 2. The Morgan fingerprint density at radius 3 is 2.59 bits per heavy atom. The fourth-order valence-electron chi connectivity index (χ4n) is 1.51. The lowest BCUT2D eigenvalue weighted by molar-refractivity contribution is -0.137. The number of hydrogen-bond acceptors (Lipinski definition) is 4. The van der Waals surface area contributed by atoms with Gasteiger partial charge < -0.3 is 19.7 Å². The quantitative estimate of drug-likeness (QED) is 0.789. The zero-order valence-electron chi connectivity index (χ0n) is 9.84. The van der Waals surface area contributed by atoms with Gasteiger partial charge in [-0.25, -0.2) is 0 Å². The van der Waals surface area contributed by atoms with Gasteiger partial charge in [0, 0.05) is 18.1 Å². The summed E-state index contributed by atoms with van der Waals surface area (Å²) in [6.45, 7) is 0. The van der Waals surface area contributed by atoms with Crippen LogP contribution in [0.4, 0.5) is 0 Å². The number of rotatable bonds is 6. The molecule has 1 unspecified atom stereocenters. The van der Waals surface area contributed by atoms with Crippen LogP contribution in [0.1, 0.15) is 24.5 Å². The van der Waals surface area contributed by atoms with Crippen molar-refractivity contribution in [3.8, 4) is 11.5 Å². The summed E-state index contributed by atoms with van der Waals surface area (Å²) in [5.41, 5.74) is 0.564. The molecule has 0 saturated carbocycles. The number of aliphatic carboxylic acids is 1. The molecule has 0 fully saturated rings. The van der Waals surface area contributed by atoms with E-state index in [-0.39, 0.29) is 12.8 Å². The monoisotopic (exact) mass is 240 g/mol. The predicted octanol–water partition coefficient (Wildman–Crippen LogP) is 1.60. The Kier molecular flexibility index (Phi) is 4.78. The van der Waals surface area contributed by atoms with Crippen LogP contribution in [0.25, 0.3) is 0 Å². The van der Waals surface area contributed by atoms with Crippen molar-refractivity contribution in [1.29, 1.82) is 0 Å². The fraction of sp³-hybridized carbons (Fsp3) is 0.417. The van der Waals surface area contributed by atoms with E-state index in [0.29, 0.717) is 17.1 Å². The summed E-state index contributed by atoms with van der Waals surface area (Å²) in [5, 5.41) is 18.4. The third kappa shape index (κ3) is 3.64. The molecule has 17 heavy (non-hydrogen) atoms. The maximum Gasteiger partial charge on any atom is 0.303 e. The lowest BCUT2D eigenvalue weighted by Gasteiger charge is -2.14. The smallest absolute Gasteiger partial charge is 0.303 e. The van der Waals surface area contributed by atoms with Crippen LogP contribution in [0.5, 0.6) is 11.5 Å². The van der Waals surface area contributed by atoms with Gasteiger partial charge in [-0.3, -0.25) is 4.79 Å². The van der Waals surface area contributed by atoms with E-state index in [4.69, 9.17) is 14.6 Å². The molecule has 0 saturated heterocycles. The molecule has 0 aliphatic carbocycles. The molecule has 1 aromatic rings. The summed E-state index contributed by atoms with van der Waals surface area (Å²) in [4.78, 5) is 10.4. The molecule has 2 N–H and O–H groups in total. The highest BCUT2D eigenvalue weighted by atomic mass is 16.5. The minimum absolute atomic E-state index is 0.0870. The van der Waals surface area contributed by atoms with Crippen LogP contribution in [-0.2, 0) is 4.79 Å². The molecule has 0 radical (unpaired) electrons. The molecule has 0 bridgehead atoms. The molecule has 0 amide bonds. The Hall–Kier alpha value is -1.75. The topological polar surface area (TPSA) is 76.0 Å². The molecule has 0 aliphatic heterocycles. The van der Waals surface area contributed by atoms with Gasteiger partial charge in [-0.05, 0) is 18.6 Å². The summed E-state index contributed by atoms with van der Waals surface area (Å²) >= 11 is 0. The van der Waals surface area contributed by atoms with E-state index in [1.165, 1.54) is 14.2 Å². The van der Waals surface area contributed by atoms with Crippen molar-refractivity contribution in [2.75, 3.05) is 14.2 Å². The minimum atomic E-state index is -0.934. The number of methoxy groups -OCH3 is 2. The molecule has 5 heteroatoms. The predicted molar refractivity (Wildman–Crippen MR) is 61.4 cm³/mol. The maximum absolute atomic E-state index is 10.4. The summed E-state index contributed by atoms with van der Waals surface area (Å²) < 4.78 is 10.2. The normalized spacial score (nSPS) is 11.9. The number of benzene rings is 1. The second-order valence-corrected chi connectivity index (χ2v) is 3.56. The van der Waals surface area contributed by atoms with E-state index >= 15 is 0 Å². The van der Waals surface area contributed by atoms with E-state index < -0.39 is 12.1 Å². The first-order valence-electron chi connectivity index (χ1n) is 5.20. The van der Waals surface area contributed by atoms with E-state index in [2.05, 4.69) is 0 Å². The van der Waals surface area contributed by atoms with Crippen molar-refractivity contribution in [2.45, 2.75) is 18.9 Å². The lowest BCUT2D eigenvalue weighted by atomic mass is 10.0. The van der Waals surface area contributed by atoms with Gasteiger partial charge in [0.05, 0.1) is 20.3 Å². The van der Waals surface area contributed by atoms with Gasteiger partial charge in [-0.15, -0.1) is 0 Å². The van der Waals surface area contributed by atoms with Crippen LogP contribution in [0.15, 0.2) is 18.2 Å². The van der Waals surface area contributed by atoms with Gasteiger partial charge in [0.15, 0.2) is 0 Å². The van der Waals surface area contributed by atoms with Crippen molar-refractivity contribution >= 4 is 5.97 Å². The molecular formula is C12H16O5. The Bertz CT molecular complexity index is 388. The molecule has 0 spiro atoms. The lowest BCUT2D eigenvalue weighted by Crippen LogP contribution is -2.04. The van der Waals surface area contributed by atoms with Crippen molar-refractivity contribution in [3.63, 3.8) is 0 Å². The van der Waals surface area contributed by atoms with Gasteiger partial charge in [-0.1, -0.05) is 0 Å². The molecule has 1 aromatic carbocycles. The summed E-state index contributed by atoms with van der Waals surface area (Å²) in [7, 11) is 3.03. The molecular weight excluding hydrogens is 224 g/mol. The molecule has 94 valence electrons. The van der Waals surface area contributed by atoms with Gasteiger partial charge in [-0.2, -0.15) is 0 Å². The van der Waals surface area contributed by atoms with E-state index in [1.807, 2.05) is 0 Å². The van der Waals surface area contributed by atoms with Gasteiger partial charge in [0.25, 0.3) is 0 Å². The van der Waals surface area contributed by atoms with Crippen LogP contribution in [-0.4, -0.2) is 30.4 Å². The second kappa shape index (κ2) is 6.10. The highest BCUT2D eigenvalue weighted by molar-refractivity contribution is 5.66. The average Bonchev–Trinajstić information content (AvgIpc) is 2.34. The standard InChI is InChI=1S/C12H16O5/c1-16-8-3-4-9(11(7-8)17-2)10(13)5-6-12(14)15/h3-4,7,10,13H,5-6H2,1-2H3,(H,14,15). The van der Waals surface area contributed by atoms with E-state index in [0.717, 1.165) is 0 Å². The Labute approximate surface area is 99.6 Å². The van der Waals surface area contributed by atoms with E-state index in [1.54, 1.807) is 18.2 Å². The molecule has 0 heterocycles. The van der Waals surface area contributed by atoms with Crippen molar-refractivity contribution in [2.24, 2.45) is 0 Å². The van der Waals surface area contributed by atoms with Crippen LogP contribution in [0, 0.1) is 0 Å². The third-order valence-electron chi connectivity index (χ3n) is 2.43. The van der Waals surface area contributed by atoms with Crippen molar-refractivity contribution < 1.29 is 24.5 Å².